The molecule has 1 atom stereocenters. The number of anilines is 1. The number of rotatable bonds is 3. The van der Waals surface area contributed by atoms with Crippen LogP contribution in [0.2, 0.25) is 0 Å². The van der Waals surface area contributed by atoms with Gasteiger partial charge >= 0.3 is 0 Å². The summed E-state index contributed by atoms with van der Waals surface area (Å²) < 4.78 is 0. The van der Waals surface area contributed by atoms with Gasteiger partial charge < -0.3 is 4.90 Å². The van der Waals surface area contributed by atoms with E-state index in [0.717, 1.165) is 36.7 Å². The van der Waals surface area contributed by atoms with E-state index in [2.05, 4.69) is 30.9 Å². The molecule has 1 saturated heterocycles. The van der Waals surface area contributed by atoms with E-state index in [-0.39, 0.29) is 0 Å². The van der Waals surface area contributed by atoms with Gasteiger partial charge in [0, 0.05) is 43.4 Å². The molecule has 2 aromatic rings. The Bertz CT molecular complexity index is 557. The lowest BCUT2D eigenvalue weighted by atomic mass is 9.93. The summed E-state index contributed by atoms with van der Waals surface area (Å²) in [6, 6.07) is 2.06. The molecule has 0 aromatic carbocycles. The van der Waals surface area contributed by atoms with Crippen LogP contribution in [0.4, 0.5) is 5.82 Å². The van der Waals surface area contributed by atoms with Crippen LogP contribution in [-0.2, 0) is 6.42 Å². The van der Waals surface area contributed by atoms with Crippen LogP contribution in [0.5, 0.6) is 0 Å². The van der Waals surface area contributed by atoms with Crippen LogP contribution in [0.1, 0.15) is 24.2 Å². The van der Waals surface area contributed by atoms with E-state index in [1.165, 1.54) is 12.8 Å². The van der Waals surface area contributed by atoms with Crippen LogP contribution in [-0.4, -0.2) is 33.0 Å². The van der Waals surface area contributed by atoms with Crippen molar-refractivity contribution in [3.63, 3.8) is 0 Å². The van der Waals surface area contributed by atoms with E-state index in [4.69, 9.17) is 0 Å². The Morgan fingerprint density at radius 3 is 3.00 bits per heavy atom. The number of aromatic nitrogens is 4. The minimum atomic E-state index is 0.621. The van der Waals surface area contributed by atoms with Gasteiger partial charge in [0.25, 0.3) is 0 Å². The zero-order valence-corrected chi connectivity index (χ0v) is 11.7. The Labute approximate surface area is 119 Å². The second-order valence-corrected chi connectivity index (χ2v) is 5.37. The number of piperidine rings is 1. The predicted molar refractivity (Wildman–Crippen MR) is 77.4 cm³/mol. The minimum absolute atomic E-state index is 0.621. The molecule has 0 aliphatic carbocycles. The molecule has 0 unspecified atom stereocenters. The Morgan fingerprint density at radius 1 is 1.25 bits per heavy atom. The van der Waals surface area contributed by atoms with Crippen LogP contribution in [0.3, 0.4) is 0 Å². The third-order valence-corrected chi connectivity index (χ3v) is 3.75. The fraction of sp³-hybridized carbons (Fsp3) is 0.467. The number of hydrogen-bond donors (Lipinski definition) is 0. The minimum Gasteiger partial charge on any atom is -0.356 e. The lowest BCUT2D eigenvalue weighted by molar-refractivity contribution is 0.407. The monoisotopic (exact) mass is 269 g/mol. The first-order valence-electron chi connectivity index (χ1n) is 7.10. The first kappa shape index (κ1) is 13.0. The predicted octanol–water partition coefficient (Wildman–Crippen LogP) is 2.03. The average Bonchev–Trinajstić information content (AvgIpc) is 2.49. The van der Waals surface area contributed by atoms with E-state index in [0.29, 0.717) is 5.92 Å². The summed E-state index contributed by atoms with van der Waals surface area (Å²) in [6.45, 7) is 4.12. The van der Waals surface area contributed by atoms with E-state index < -0.39 is 0 Å². The molecule has 1 aliphatic rings. The summed E-state index contributed by atoms with van der Waals surface area (Å²) in [5, 5.41) is 0. The molecule has 1 aliphatic heterocycles. The normalized spacial score (nSPS) is 19.1. The zero-order chi connectivity index (χ0) is 13.8. The van der Waals surface area contributed by atoms with Gasteiger partial charge in [-0.1, -0.05) is 0 Å². The number of hydrogen-bond acceptors (Lipinski definition) is 5. The van der Waals surface area contributed by atoms with Crippen molar-refractivity contribution in [2.75, 3.05) is 18.0 Å². The lowest BCUT2D eigenvalue weighted by Gasteiger charge is -2.33. The first-order valence-corrected chi connectivity index (χ1v) is 7.10. The third-order valence-electron chi connectivity index (χ3n) is 3.75. The first-order chi connectivity index (χ1) is 9.81. The van der Waals surface area contributed by atoms with Crippen molar-refractivity contribution in [1.82, 2.24) is 19.9 Å². The van der Waals surface area contributed by atoms with Crippen LogP contribution in [0, 0.1) is 12.8 Å². The largest absolute Gasteiger partial charge is 0.356 e. The van der Waals surface area contributed by atoms with Crippen LogP contribution in [0.25, 0.3) is 0 Å². The molecule has 3 heterocycles. The highest BCUT2D eigenvalue weighted by Gasteiger charge is 2.21. The second kappa shape index (κ2) is 5.94. The molecule has 0 radical (unpaired) electrons. The average molecular weight is 269 g/mol. The molecule has 104 valence electrons. The Kier molecular flexibility index (Phi) is 3.85. The zero-order valence-electron chi connectivity index (χ0n) is 11.7. The number of aryl methyl sites for hydroxylation is 1. The van der Waals surface area contributed by atoms with Gasteiger partial charge in [-0.2, -0.15) is 0 Å². The Hall–Kier alpha value is -2.04. The van der Waals surface area contributed by atoms with Gasteiger partial charge in [0.1, 0.15) is 12.1 Å². The van der Waals surface area contributed by atoms with Crippen LogP contribution < -0.4 is 4.90 Å². The molecule has 0 saturated carbocycles. The molecule has 0 N–H and O–H groups in total. The summed E-state index contributed by atoms with van der Waals surface area (Å²) in [4.78, 5) is 19.4. The van der Waals surface area contributed by atoms with Gasteiger partial charge in [-0.3, -0.25) is 9.97 Å². The quantitative estimate of drug-likeness (QED) is 0.853. The van der Waals surface area contributed by atoms with Gasteiger partial charge in [-0.25, -0.2) is 9.97 Å². The summed E-state index contributed by atoms with van der Waals surface area (Å²) in [5.41, 5.74) is 2.10. The molecule has 0 bridgehead atoms. The highest BCUT2D eigenvalue weighted by atomic mass is 15.2. The van der Waals surface area contributed by atoms with Crippen molar-refractivity contribution in [2.45, 2.75) is 26.2 Å². The van der Waals surface area contributed by atoms with Crippen molar-refractivity contribution in [1.29, 1.82) is 0 Å². The van der Waals surface area contributed by atoms with E-state index in [1.807, 2.05) is 13.1 Å². The van der Waals surface area contributed by atoms with E-state index >= 15 is 0 Å². The van der Waals surface area contributed by atoms with Gasteiger partial charge in [0.05, 0.1) is 5.69 Å². The summed E-state index contributed by atoms with van der Waals surface area (Å²) >= 11 is 0. The highest BCUT2D eigenvalue weighted by molar-refractivity contribution is 5.39. The maximum absolute atomic E-state index is 4.39. The van der Waals surface area contributed by atoms with Crippen LogP contribution >= 0.6 is 0 Å². The fourth-order valence-corrected chi connectivity index (χ4v) is 2.78. The van der Waals surface area contributed by atoms with E-state index in [9.17, 15) is 0 Å². The van der Waals surface area contributed by atoms with Gasteiger partial charge in [0.2, 0.25) is 0 Å². The smallest absolute Gasteiger partial charge is 0.132 e. The van der Waals surface area contributed by atoms with E-state index in [1.54, 1.807) is 18.7 Å². The van der Waals surface area contributed by atoms with Gasteiger partial charge in [-0.05, 0) is 32.1 Å². The van der Waals surface area contributed by atoms with Crippen molar-refractivity contribution in [2.24, 2.45) is 5.92 Å². The van der Waals surface area contributed by atoms with Crippen molar-refractivity contribution in [3.05, 3.63) is 42.4 Å². The molecule has 3 rings (SSSR count). The molecular weight excluding hydrogens is 250 g/mol. The maximum Gasteiger partial charge on any atom is 0.132 e. The van der Waals surface area contributed by atoms with Crippen molar-refractivity contribution >= 4 is 5.82 Å². The maximum atomic E-state index is 4.39. The topological polar surface area (TPSA) is 54.8 Å². The van der Waals surface area contributed by atoms with Crippen molar-refractivity contribution in [3.8, 4) is 0 Å². The molecule has 5 heteroatoms. The molecule has 0 amide bonds. The van der Waals surface area contributed by atoms with Gasteiger partial charge in [0.15, 0.2) is 0 Å². The van der Waals surface area contributed by atoms with Crippen molar-refractivity contribution < 1.29 is 0 Å². The molecule has 5 nitrogen and oxygen atoms in total. The SMILES string of the molecule is Cc1cc(N2CCC[C@H](Cc3cnccn3)C2)ncn1. The fourth-order valence-electron chi connectivity index (χ4n) is 2.78. The summed E-state index contributed by atoms with van der Waals surface area (Å²) in [5.74, 6) is 1.66. The second-order valence-electron chi connectivity index (χ2n) is 5.37. The van der Waals surface area contributed by atoms with Crippen LogP contribution in [0.15, 0.2) is 31.0 Å². The summed E-state index contributed by atoms with van der Waals surface area (Å²) in [6.07, 6.45) is 10.5. The number of nitrogens with zero attached hydrogens (tertiary/aromatic N) is 5. The molecule has 2 aromatic heterocycles. The highest BCUT2D eigenvalue weighted by Crippen LogP contribution is 2.23. The molecule has 0 spiro atoms. The lowest BCUT2D eigenvalue weighted by Crippen LogP contribution is -2.37. The third kappa shape index (κ3) is 3.10. The van der Waals surface area contributed by atoms with Gasteiger partial charge in [-0.15, -0.1) is 0 Å². The molecular formula is C15H19N5. The summed E-state index contributed by atoms with van der Waals surface area (Å²) in [7, 11) is 0. The molecule has 20 heavy (non-hydrogen) atoms. The Balaban J connectivity index is 1.67. The molecule has 1 fully saturated rings. The standard InChI is InChI=1S/C15H19N5/c1-12-7-15(19-11-18-12)20-6-2-3-13(10-20)8-14-9-16-4-5-17-14/h4-5,7,9,11,13H,2-3,6,8,10H2,1H3/t13-/m1/s1. The Morgan fingerprint density at radius 2 is 2.20 bits per heavy atom.